The van der Waals surface area contributed by atoms with E-state index in [1.807, 2.05) is 30.3 Å². The smallest absolute Gasteiger partial charge is 0.443 e. The van der Waals surface area contributed by atoms with Gasteiger partial charge in [-0.2, -0.15) is 23.2 Å². The summed E-state index contributed by atoms with van der Waals surface area (Å²) in [6.45, 7) is 0.0560. The van der Waals surface area contributed by atoms with E-state index in [1.54, 1.807) is 18.3 Å². The Labute approximate surface area is 185 Å². The highest BCUT2D eigenvalue weighted by Crippen LogP contribution is 2.29. The minimum absolute atomic E-state index is 0.00876. The standard InChI is InChI=1S/C22H17F3N4O4/c1-31-29(21(30)32-13-15-10-17-4-2-3-5-18(17)26-11-15)12-14-6-8-16(9-7-14)19-27-20(33-28-19)22(23,24)25/h2-11H,12-13H2,1H3. The summed E-state index contributed by atoms with van der Waals surface area (Å²) in [5.41, 5.74) is 2.53. The van der Waals surface area contributed by atoms with Gasteiger partial charge < -0.3 is 9.26 Å². The van der Waals surface area contributed by atoms with E-state index in [1.165, 1.54) is 19.2 Å². The van der Waals surface area contributed by atoms with E-state index in [4.69, 9.17) is 9.57 Å². The number of rotatable bonds is 6. The molecule has 0 aliphatic heterocycles. The third kappa shape index (κ3) is 5.26. The van der Waals surface area contributed by atoms with Gasteiger partial charge in [0.2, 0.25) is 5.82 Å². The van der Waals surface area contributed by atoms with E-state index in [2.05, 4.69) is 19.6 Å². The van der Waals surface area contributed by atoms with E-state index in [9.17, 15) is 18.0 Å². The van der Waals surface area contributed by atoms with Crippen molar-refractivity contribution in [3.8, 4) is 11.4 Å². The van der Waals surface area contributed by atoms with Crippen LogP contribution >= 0.6 is 0 Å². The Bertz CT molecular complexity index is 1260. The number of ether oxygens (including phenoxy) is 1. The van der Waals surface area contributed by atoms with Crippen LogP contribution in [-0.4, -0.2) is 33.4 Å². The van der Waals surface area contributed by atoms with Gasteiger partial charge in [-0.05, 0) is 17.7 Å². The highest BCUT2D eigenvalue weighted by molar-refractivity contribution is 5.78. The molecule has 0 radical (unpaired) electrons. The summed E-state index contributed by atoms with van der Waals surface area (Å²) in [6.07, 6.45) is -3.79. The molecule has 8 nitrogen and oxygen atoms in total. The summed E-state index contributed by atoms with van der Waals surface area (Å²) in [5.74, 6) is -1.61. The summed E-state index contributed by atoms with van der Waals surface area (Å²) in [5, 5.41) is 5.28. The molecule has 0 aliphatic carbocycles. The van der Waals surface area contributed by atoms with Crippen LogP contribution in [0.15, 0.2) is 65.3 Å². The summed E-state index contributed by atoms with van der Waals surface area (Å²) in [4.78, 5) is 25.2. The number of para-hydroxylation sites is 1. The van der Waals surface area contributed by atoms with Crippen LogP contribution in [0, 0.1) is 0 Å². The lowest BCUT2D eigenvalue weighted by atomic mass is 10.1. The molecule has 11 heteroatoms. The van der Waals surface area contributed by atoms with E-state index in [0.29, 0.717) is 11.1 Å². The second-order valence-electron chi connectivity index (χ2n) is 6.93. The van der Waals surface area contributed by atoms with Gasteiger partial charge in [0, 0.05) is 22.7 Å². The van der Waals surface area contributed by atoms with Gasteiger partial charge in [-0.3, -0.25) is 9.82 Å². The van der Waals surface area contributed by atoms with Crippen LogP contribution in [0.25, 0.3) is 22.3 Å². The summed E-state index contributed by atoms with van der Waals surface area (Å²) in [7, 11) is 1.32. The molecule has 2 heterocycles. The maximum atomic E-state index is 12.6. The first kappa shape index (κ1) is 22.2. The monoisotopic (exact) mass is 458 g/mol. The third-order valence-electron chi connectivity index (χ3n) is 4.64. The predicted octanol–water partition coefficient (Wildman–Crippen LogP) is 5.00. The molecular weight excluding hydrogens is 441 g/mol. The first-order chi connectivity index (χ1) is 15.8. The molecular formula is C22H17F3N4O4. The van der Waals surface area contributed by atoms with Crippen LogP contribution < -0.4 is 0 Å². The van der Waals surface area contributed by atoms with Gasteiger partial charge >= 0.3 is 18.2 Å². The zero-order valence-corrected chi connectivity index (χ0v) is 17.2. The molecule has 0 unspecified atom stereocenters. The van der Waals surface area contributed by atoms with Crippen LogP contribution in [0.4, 0.5) is 18.0 Å². The molecule has 0 fully saturated rings. The Morgan fingerprint density at radius 1 is 1.09 bits per heavy atom. The lowest BCUT2D eigenvalue weighted by Crippen LogP contribution is -2.30. The number of carbonyl (C=O) groups excluding carboxylic acids is 1. The summed E-state index contributed by atoms with van der Waals surface area (Å²) < 4.78 is 47.4. The van der Waals surface area contributed by atoms with Crippen molar-refractivity contribution in [1.82, 2.24) is 20.2 Å². The maximum absolute atomic E-state index is 12.6. The Morgan fingerprint density at radius 2 is 1.85 bits per heavy atom. The number of hydroxylamine groups is 2. The van der Waals surface area contributed by atoms with Gasteiger partial charge in [0.15, 0.2) is 0 Å². The molecule has 4 aromatic rings. The van der Waals surface area contributed by atoms with Gasteiger partial charge in [0.05, 0.1) is 19.2 Å². The average Bonchev–Trinajstić information content (AvgIpc) is 3.32. The maximum Gasteiger partial charge on any atom is 0.471 e. The second kappa shape index (κ2) is 9.25. The van der Waals surface area contributed by atoms with Gasteiger partial charge in [-0.25, -0.2) is 4.79 Å². The Hall–Kier alpha value is -3.99. The molecule has 2 aromatic heterocycles. The van der Waals surface area contributed by atoms with E-state index < -0.39 is 18.2 Å². The number of fused-ring (bicyclic) bond motifs is 1. The minimum atomic E-state index is -4.71. The van der Waals surface area contributed by atoms with Crippen molar-refractivity contribution in [2.75, 3.05) is 7.11 Å². The molecule has 0 N–H and O–H groups in total. The van der Waals surface area contributed by atoms with Crippen molar-refractivity contribution in [1.29, 1.82) is 0 Å². The molecule has 170 valence electrons. The summed E-state index contributed by atoms with van der Waals surface area (Å²) >= 11 is 0. The van der Waals surface area contributed by atoms with E-state index in [-0.39, 0.29) is 19.0 Å². The third-order valence-corrected chi connectivity index (χ3v) is 4.64. The van der Waals surface area contributed by atoms with Crippen molar-refractivity contribution in [3.05, 3.63) is 77.8 Å². The Balaban J connectivity index is 1.37. The van der Waals surface area contributed by atoms with Crippen LogP contribution in [0.2, 0.25) is 0 Å². The fourth-order valence-corrected chi connectivity index (χ4v) is 3.00. The number of hydrogen-bond acceptors (Lipinski definition) is 7. The fraction of sp³-hybridized carbons (Fsp3) is 0.182. The number of halogens is 3. The van der Waals surface area contributed by atoms with Gasteiger partial charge in [-0.15, -0.1) is 0 Å². The van der Waals surface area contributed by atoms with Crippen molar-refractivity contribution in [2.45, 2.75) is 19.3 Å². The quantitative estimate of drug-likeness (QED) is 0.376. The average molecular weight is 458 g/mol. The van der Waals surface area contributed by atoms with E-state index >= 15 is 0 Å². The number of amides is 1. The van der Waals surface area contributed by atoms with Gasteiger partial charge in [-0.1, -0.05) is 47.6 Å². The van der Waals surface area contributed by atoms with Gasteiger partial charge in [0.25, 0.3) is 0 Å². The molecule has 0 saturated heterocycles. The van der Waals surface area contributed by atoms with Crippen LogP contribution in [-0.2, 0) is 28.9 Å². The molecule has 4 rings (SSSR count). The zero-order valence-electron chi connectivity index (χ0n) is 17.2. The SMILES string of the molecule is CON(Cc1ccc(-c2noc(C(F)(F)F)n2)cc1)C(=O)OCc1cnc2ccccc2c1. The van der Waals surface area contributed by atoms with Crippen molar-refractivity contribution >= 4 is 17.0 Å². The number of alkyl halides is 3. The largest absolute Gasteiger partial charge is 0.471 e. The van der Waals surface area contributed by atoms with Crippen LogP contribution in [0.1, 0.15) is 17.0 Å². The first-order valence-corrected chi connectivity index (χ1v) is 9.66. The van der Waals surface area contributed by atoms with Crippen molar-refractivity contribution < 1.29 is 32.1 Å². The van der Waals surface area contributed by atoms with Crippen LogP contribution in [0.3, 0.4) is 0 Å². The predicted molar refractivity (Wildman–Crippen MR) is 109 cm³/mol. The van der Waals surface area contributed by atoms with Gasteiger partial charge in [0.1, 0.15) is 6.61 Å². The fourth-order valence-electron chi connectivity index (χ4n) is 3.00. The topological polar surface area (TPSA) is 90.6 Å². The normalized spacial score (nSPS) is 11.5. The molecule has 33 heavy (non-hydrogen) atoms. The minimum Gasteiger partial charge on any atom is -0.443 e. The molecule has 0 aliphatic rings. The van der Waals surface area contributed by atoms with Crippen molar-refractivity contribution in [3.63, 3.8) is 0 Å². The zero-order chi connectivity index (χ0) is 23.4. The van der Waals surface area contributed by atoms with E-state index in [0.717, 1.165) is 21.5 Å². The number of carbonyl (C=O) groups is 1. The molecule has 0 bridgehead atoms. The highest BCUT2D eigenvalue weighted by Gasteiger charge is 2.38. The molecule has 0 spiro atoms. The second-order valence-corrected chi connectivity index (χ2v) is 6.93. The lowest BCUT2D eigenvalue weighted by Gasteiger charge is -2.19. The Kier molecular flexibility index (Phi) is 6.22. The van der Waals surface area contributed by atoms with Crippen molar-refractivity contribution in [2.24, 2.45) is 0 Å². The molecule has 2 aromatic carbocycles. The molecule has 1 amide bonds. The number of benzene rings is 2. The first-order valence-electron chi connectivity index (χ1n) is 9.66. The molecule has 0 atom stereocenters. The highest BCUT2D eigenvalue weighted by atomic mass is 19.4. The van der Waals surface area contributed by atoms with Crippen LogP contribution in [0.5, 0.6) is 0 Å². The lowest BCUT2D eigenvalue weighted by molar-refractivity contribution is -0.159. The number of nitrogens with zero attached hydrogens (tertiary/aromatic N) is 4. The summed E-state index contributed by atoms with van der Waals surface area (Å²) in [6, 6.07) is 15.7. The molecule has 0 saturated carbocycles. The Morgan fingerprint density at radius 3 is 2.55 bits per heavy atom. The number of hydrogen-bond donors (Lipinski definition) is 0. The number of aromatic nitrogens is 3. The number of pyridine rings is 1.